The molecule has 0 spiro atoms. The molecule has 1 saturated heterocycles. The number of aromatic nitrogens is 3. The second-order valence-electron chi connectivity index (χ2n) is 8.20. The molecule has 0 radical (unpaired) electrons. The van der Waals surface area contributed by atoms with E-state index in [-0.39, 0.29) is 29.6 Å². The van der Waals surface area contributed by atoms with Crippen LogP contribution in [-0.4, -0.2) is 46.7 Å². The number of aromatic amines is 1. The maximum absolute atomic E-state index is 13.1. The van der Waals surface area contributed by atoms with Crippen molar-refractivity contribution in [1.82, 2.24) is 19.1 Å². The molecular formula is C21H21FN6O3S. The molecule has 1 aromatic carbocycles. The molecular weight excluding hydrogens is 435 g/mol. The predicted octanol–water partition coefficient (Wildman–Crippen LogP) is 2.68. The maximum Gasteiger partial charge on any atom is 0.261 e. The van der Waals surface area contributed by atoms with Gasteiger partial charge >= 0.3 is 0 Å². The summed E-state index contributed by atoms with van der Waals surface area (Å²) in [4.78, 5) is 15.3. The Morgan fingerprint density at radius 3 is 2.59 bits per heavy atom. The number of hydrogen-bond acceptors (Lipinski definition) is 6. The molecule has 1 atom stereocenters. The first-order valence-corrected chi connectivity index (χ1v) is 11.8. The summed E-state index contributed by atoms with van der Waals surface area (Å²) in [5, 5.41) is 17.4. The van der Waals surface area contributed by atoms with E-state index >= 15 is 0 Å². The lowest BCUT2D eigenvalue weighted by atomic mass is 10.1. The van der Waals surface area contributed by atoms with Crippen molar-refractivity contribution in [3.8, 4) is 6.07 Å². The predicted molar refractivity (Wildman–Crippen MR) is 116 cm³/mol. The van der Waals surface area contributed by atoms with Crippen molar-refractivity contribution in [2.75, 3.05) is 18.4 Å². The molecule has 1 saturated carbocycles. The average molecular weight is 457 g/mol. The Morgan fingerprint density at radius 2 is 1.97 bits per heavy atom. The molecule has 3 heterocycles. The van der Waals surface area contributed by atoms with Crippen LogP contribution in [0.25, 0.3) is 10.9 Å². The van der Waals surface area contributed by atoms with Gasteiger partial charge in [-0.15, -0.1) is 0 Å². The number of fused-ring (bicyclic) bond motifs is 1. The highest BCUT2D eigenvalue weighted by molar-refractivity contribution is 7.89. The van der Waals surface area contributed by atoms with E-state index < -0.39 is 16.2 Å². The molecule has 0 unspecified atom stereocenters. The third-order valence-electron chi connectivity index (χ3n) is 5.97. The van der Waals surface area contributed by atoms with Gasteiger partial charge in [0, 0.05) is 25.0 Å². The second kappa shape index (κ2) is 7.72. The summed E-state index contributed by atoms with van der Waals surface area (Å²) >= 11 is 0. The van der Waals surface area contributed by atoms with Gasteiger partial charge in [-0.25, -0.2) is 12.8 Å². The van der Waals surface area contributed by atoms with Gasteiger partial charge in [-0.05, 0) is 49.1 Å². The van der Waals surface area contributed by atoms with E-state index in [0.717, 1.165) is 17.1 Å². The number of sulfonamides is 1. The summed E-state index contributed by atoms with van der Waals surface area (Å²) < 4.78 is 40.9. The van der Waals surface area contributed by atoms with E-state index in [4.69, 9.17) is 0 Å². The van der Waals surface area contributed by atoms with E-state index in [1.165, 1.54) is 12.1 Å². The number of pyridine rings is 1. The van der Waals surface area contributed by atoms with Gasteiger partial charge in [-0.1, -0.05) is 0 Å². The molecule has 11 heteroatoms. The Morgan fingerprint density at radius 1 is 1.25 bits per heavy atom. The molecule has 2 N–H and O–H groups in total. The van der Waals surface area contributed by atoms with Gasteiger partial charge in [0.2, 0.25) is 10.0 Å². The van der Waals surface area contributed by atoms with Gasteiger partial charge in [0.15, 0.2) is 5.82 Å². The van der Waals surface area contributed by atoms with E-state index in [0.29, 0.717) is 34.7 Å². The molecule has 1 aliphatic carbocycles. The monoisotopic (exact) mass is 456 g/mol. The largest absolute Gasteiger partial charge is 0.338 e. The van der Waals surface area contributed by atoms with Gasteiger partial charge in [-0.2, -0.15) is 14.7 Å². The molecule has 166 valence electrons. The Bertz CT molecular complexity index is 1370. The van der Waals surface area contributed by atoms with Gasteiger partial charge in [0.1, 0.15) is 11.6 Å². The molecule has 5 rings (SSSR count). The van der Waals surface area contributed by atoms with Gasteiger partial charge < -0.3 is 10.3 Å². The van der Waals surface area contributed by atoms with Crippen LogP contribution in [0.4, 0.5) is 15.9 Å². The lowest BCUT2D eigenvalue weighted by Gasteiger charge is -2.33. The van der Waals surface area contributed by atoms with Crippen molar-refractivity contribution >= 4 is 32.4 Å². The fraction of sp³-hybridized carbons (Fsp3) is 0.381. The van der Waals surface area contributed by atoms with Crippen LogP contribution >= 0.6 is 0 Å². The van der Waals surface area contributed by atoms with Crippen LogP contribution in [0.3, 0.4) is 0 Å². The van der Waals surface area contributed by atoms with Crippen molar-refractivity contribution in [2.24, 2.45) is 5.92 Å². The molecule has 2 aliphatic rings. The highest BCUT2D eigenvalue weighted by atomic mass is 32.2. The Balaban J connectivity index is 1.47. The second-order valence-corrected chi connectivity index (χ2v) is 10.1. The number of rotatable bonds is 7. The molecule has 1 aliphatic heterocycles. The number of benzene rings is 1. The van der Waals surface area contributed by atoms with E-state index in [1.807, 2.05) is 0 Å². The first kappa shape index (κ1) is 20.7. The number of nitrogens with zero attached hydrogens (tertiary/aromatic N) is 4. The number of H-pyrrole nitrogens is 1. The quantitative estimate of drug-likeness (QED) is 0.563. The number of anilines is 2. The molecule has 3 aromatic rings. The lowest BCUT2D eigenvalue weighted by molar-refractivity contribution is 0.141. The van der Waals surface area contributed by atoms with Crippen LogP contribution in [0.2, 0.25) is 0 Å². The fourth-order valence-electron chi connectivity index (χ4n) is 4.05. The zero-order valence-corrected chi connectivity index (χ0v) is 17.8. The highest BCUT2D eigenvalue weighted by Crippen LogP contribution is 2.43. The zero-order chi connectivity index (χ0) is 22.5. The summed E-state index contributed by atoms with van der Waals surface area (Å²) in [5.41, 5.74) is 0.885. The summed E-state index contributed by atoms with van der Waals surface area (Å²) in [6.07, 6.45) is 2.79. The molecule has 2 aromatic heterocycles. The number of hydrogen-bond donors (Lipinski definition) is 2. The number of halogens is 1. The third-order valence-corrected chi connectivity index (χ3v) is 7.82. The standard InChI is InChI=1S/C21H21FN6O3S/c22-14-11-27(12-14)32(30,31)16-5-3-15(4-6-16)25-20-19-18(8-10-24-21(19)29)28(26-20)17(7-9-23)13-1-2-13/h3-6,8,10,13-14,17H,1-2,7,11-12H2,(H,24,29)(H,25,26)/t17-/m0/s1. The SMILES string of the molecule is N#CC[C@@H](C1CC1)n1nc(Nc2ccc(S(=O)(=O)N3CC(F)C3)cc2)c2c(=O)[nH]ccc21. The summed E-state index contributed by atoms with van der Waals surface area (Å²) in [5.74, 6) is 0.698. The van der Waals surface area contributed by atoms with Gasteiger partial charge in [-0.3, -0.25) is 9.48 Å². The van der Waals surface area contributed by atoms with Gasteiger partial charge in [0.25, 0.3) is 5.56 Å². The summed E-state index contributed by atoms with van der Waals surface area (Å²) in [6, 6.07) is 9.91. The zero-order valence-electron chi connectivity index (χ0n) is 17.0. The summed E-state index contributed by atoms with van der Waals surface area (Å²) in [6.45, 7) is -0.251. The number of nitrogens with one attached hydrogen (secondary N) is 2. The Kier molecular flexibility index (Phi) is 4.98. The minimum atomic E-state index is -3.72. The van der Waals surface area contributed by atoms with Gasteiger partial charge in [0.05, 0.1) is 28.9 Å². The molecule has 2 fully saturated rings. The Labute approximate surface area is 183 Å². The van der Waals surface area contributed by atoms with Crippen molar-refractivity contribution in [1.29, 1.82) is 5.26 Å². The highest BCUT2D eigenvalue weighted by Gasteiger charge is 2.37. The maximum atomic E-state index is 13.1. The van der Waals surface area contributed by atoms with Crippen LogP contribution in [0.1, 0.15) is 25.3 Å². The van der Waals surface area contributed by atoms with Crippen molar-refractivity contribution in [3.63, 3.8) is 0 Å². The van der Waals surface area contributed by atoms with E-state index in [2.05, 4.69) is 21.5 Å². The number of nitriles is 1. The van der Waals surface area contributed by atoms with Crippen LogP contribution < -0.4 is 10.9 Å². The van der Waals surface area contributed by atoms with Crippen LogP contribution in [0.5, 0.6) is 0 Å². The third kappa shape index (κ3) is 3.55. The molecule has 0 bridgehead atoms. The minimum absolute atomic E-state index is 0.0750. The lowest BCUT2D eigenvalue weighted by Crippen LogP contribution is -2.51. The Hall–Kier alpha value is -3.23. The van der Waals surface area contributed by atoms with Crippen molar-refractivity contribution < 1.29 is 12.8 Å². The molecule has 32 heavy (non-hydrogen) atoms. The van der Waals surface area contributed by atoms with Crippen LogP contribution in [0, 0.1) is 17.2 Å². The topological polar surface area (TPSA) is 124 Å². The van der Waals surface area contributed by atoms with E-state index in [9.17, 15) is 22.9 Å². The minimum Gasteiger partial charge on any atom is -0.338 e. The average Bonchev–Trinajstić information content (AvgIpc) is 3.52. The first-order valence-electron chi connectivity index (χ1n) is 10.4. The van der Waals surface area contributed by atoms with Crippen molar-refractivity contribution in [2.45, 2.75) is 36.4 Å². The van der Waals surface area contributed by atoms with E-state index in [1.54, 1.807) is 29.1 Å². The summed E-state index contributed by atoms with van der Waals surface area (Å²) in [7, 11) is -3.72. The van der Waals surface area contributed by atoms with Crippen LogP contribution in [-0.2, 0) is 10.0 Å². The van der Waals surface area contributed by atoms with Crippen molar-refractivity contribution in [3.05, 3.63) is 46.9 Å². The molecule has 0 amide bonds. The smallest absolute Gasteiger partial charge is 0.261 e. The number of alkyl halides is 1. The molecule has 9 nitrogen and oxygen atoms in total. The van der Waals surface area contributed by atoms with Crippen LogP contribution in [0.15, 0.2) is 46.2 Å². The fourth-order valence-corrected chi connectivity index (χ4v) is 5.54. The first-order chi connectivity index (χ1) is 15.4. The normalized spacial score (nSPS) is 18.2.